The van der Waals surface area contributed by atoms with Crippen molar-refractivity contribution in [3.05, 3.63) is 65.5 Å². The lowest BCUT2D eigenvalue weighted by atomic mass is 10.2. The number of para-hydroxylation sites is 1. The molecule has 0 aliphatic heterocycles. The number of carbonyl (C=O) groups excluding carboxylic acids is 1. The average Bonchev–Trinajstić information content (AvgIpc) is 3.21. The number of hydrogen-bond donors (Lipinski definition) is 0. The quantitative estimate of drug-likeness (QED) is 0.442. The molecule has 1 aromatic heterocycles. The van der Waals surface area contributed by atoms with Crippen LogP contribution in [0.3, 0.4) is 0 Å². The highest BCUT2D eigenvalue weighted by Gasteiger charge is 2.24. The second-order valence-corrected chi connectivity index (χ2v) is 7.93. The number of anilines is 1. The number of nitriles is 1. The van der Waals surface area contributed by atoms with E-state index < -0.39 is 5.25 Å². The molecule has 7 nitrogen and oxygen atoms in total. The fraction of sp³-hybridized carbons (Fsp3) is 0.238. The zero-order chi connectivity index (χ0) is 21.3. The molecule has 0 aliphatic rings. The minimum Gasteiger partial charge on any atom is -0.484 e. The molecule has 1 heterocycles. The molecule has 1 unspecified atom stereocenters. The molecule has 0 radical (unpaired) electrons. The summed E-state index contributed by atoms with van der Waals surface area (Å²) in [7, 11) is 0. The van der Waals surface area contributed by atoms with Crippen LogP contribution in [0.5, 0.6) is 5.75 Å². The lowest BCUT2D eigenvalue weighted by Gasteiger charge is -2.24. The number of hydrogen-bond acceptors (Lipinski definition) is 7. The predicted molar refractivity (Wildman–Crippen MR) is 114 cm³/mol. The molecule has 9 heteroatoms. The van der Waals surface area contributed by atoms with Crippen molar-refractivity contribution in [2.24, 2.45) is 0 Å². The van der Waals surface area contributed by atoms with E-state index in [0.717, 1.165) is 5.69 Å². The van der Waals surface area contributed by atoms with Crippen LogP contribution >= 0.6 is 23.4 Å². The van der Waals surface area contributed by atoms with Gasteiger partial charge in [0, 0.05) is 17.3 Å². The third-order valence-electron chi connectivity index (χ3n) is 4.03. The first-order valence-electron chi connectivity index (χ1n) is 9.17. The van der Waals surface area contributed by atoms with E-state index in [2.05, 4.69) is 16.3 Å². The fourth-order valence-electron chi connectivity index (χ4n) is 2.58. The molecule has 0 bridgehead atoms. The molecule has 0 fully saturated rings. The van der Waals surface area contributed by atoms with Crippen molar-refractivity contribution in [2.75, 3.05) is 11.4 Å². The van der Waals surface area contributed by atoms with Crippen LogP contribution in [0.4, 0.5) is 5.69 Å². The lowest BCUT2D eigenvalue weighted by molar-refractivity contribution is -0.117. The summed E-state index contributed by atoms with van der Waals surface area (Å²) in [6.07, 6.45) is 0.241. The third kappa shape index (κ3) is 5.99. The van der Waals surface area contributed by atoms with Crippen LogP contribution in [0, 0.1) is 11.3 Å². The number of benzene rings is 2. The summed E-state index contributed by atoms with van der Waals surface area (Å²) in [5.74, 6) is 0.793. The largest absolute Gasteiger partial charge is 0.484 e. The van der Waals surface area contributed by atoms with Crippen molar-refractivity contribution >= 4 is 35.0 Å². The zero-order valence-electron chi connectivity index (χ0n) is 16.2. The number of aromatic nitrogens is 2. The smallest absolute Gasteiger partial charge is 0.277 e. The van der Waals surface area contributed by atoms with Crippen LogP contribution < -0.4 is 9.64 Å². The Morgan fingerprint density at radius 3 is 2.67 bits per heavy atom. The van der Waals surface area contributed by atoms with Crippen LogP contribution in [0.15, 0.2) is 64.2 Å². The molecule has 1 amide bonds. The van der Waals surface area contributed by atoms with Crippen molar-refractivity contribution in [1.29, 1.82) is 5.26 Å². The van der Waals surface area contributed by atoms with Crippen molar-refractivity contribution in [2.45, 2.75) is 30.4 Å². The van der Waals surface area contributed by atoms with Gasteiger partial charge in [0.15, 0.2) is 6.61 Å². The highest BCUT2D eigenvalue weighted by atomic mass is 35.5. The molecule has 0 spiro atoms. The van der Waals surface area contributed by atoms with Crippen molar-refractivity contribution in [3.63, 3.8) is 0 Å². The van der Waals surface area contributed by atoms with Crippen molar-refractivity contribution < 1.29 is 13.9 Å². The topological polar surface area (TPSA) is 92.2 Å². The Hall–Kier alpha value is -3.02. The van der Waals surface area contributed by atoms with Gasteiger partial charge in [-0.2, -0.15) is 5.26 Å². The van der Waals surface area contributed by atoms with Gasteiger partial charge >= 0.3 is 0 Å². The lowest BCUT2D eigenvalue weighted by Crippen LogP contribution is -2.37. The van der Waals surface area contributed by atoms with E-state index >= 15 is 0 Å². The SMILES string of the molecule is CC(Sc1nnc(COc2ccc(Cl)cc2)o1)C(=O)N(CCC#N)c1ccccc1. The van der Waals surface area contributed by atoms with E-state index in [4.69, 9.17) is 26.0 Å². The Bertz CT molecular complexity index is 1010. The summed E-state index contributed by atoms with van der Waals surface area (Å²) < 4.78 is 11.2. The molecule has 2 aromatic carbocycles. The Morgan fingerprint density at radius 1 is 1.23 bits per heavy atom. The van der Waals surface area contributed by atoms with Gasteiger partial charge in [0.2, 0.25) is 5.91 Å². The Labute approximate surface area is 183 Å². The first-order chi connectivity index (χ1) is 14.6. The minimum absolute atomic E-state index is 0.107. The first-order valence-corrected chi connectivity index (χ1v) is 10.4. The van der Waals surface area contributed by atoms with Gasteiger partial charge in [-0.3, -0.25) is 4.79 Å². The second-order valence-electron chi connectivity index (χ2n) is 6.20. The summed E-state index contributed by atoms with van der Waals surface area (Å²) >= 11 is 7.01. The molecule has 1 atom stereocenters. The van der Waals surface area contributed by atoms with Crippen LogP contribution in [-0.4, -0.2) is 27.9 Å². The van der Waals surface area contributed by atoms with E-state index in [1.165, 1.54) is 11.8 Å². The number of amides is 1. The zero-order valence-corrected chi connectivity index (χ0v) is 17.8. The highest BCUT2D eigenvalue weighted by molar-refractivity contribution is 8.00. The number of rotatable bonds is 9. The third-order valence-corrected chi connectivity index (χ3v) is 5.20. The first kappa shape index (κ1) is 21.7. The van der Waals surface area contributed by atoms with Crippen LogP contribution in [-0.2, 0) is 11.4 Å². The number of thioether (sulfide) groups is 1. The molecule has 3 rings (SSSR count). The number of halogens is 1. The predicted octanol–water partition coefficient (Wildman–Crippen LogP) is 4.73. The molecule has 154 valence electrons. The second kappa shape index (κ2) is 10.7. The van der Waals surface area contributed by atoms with E-state index in [1.807, 2.05) is 30.3 Å². The van der Waals surface area contributed by atoms with Crippen molar-refractivity contribution in [3.8, 4) is 11.8 Å². The maximum Gasteiger partial charge on any atom is 0.277 e. The molecular formula is C21H19ClN4O3S. The van der Waals surface area contributed by atoms with E-state index in [0.29, 0.717) is 23.2 Å². The van der Waals surface area contributed by atoms with Crippen molar-refractivity contribution in [1.82, 2.24) is 10.2 Å². The van der Waals surface area contributed by atoms with Gasteiger partial charge in [0.25, 0.3) is 11.1 Å². The monoisotopic (exact) mass is 442 g/mol. The Kier molecular flexibility index (Phi) is 7.71. The van der Waals surface area contributed by atoms with Gasteiger partial charge in [0.1, 0.15) is 5.75 Å². The molecule has 0 saturated carbocycles. The van der Waals surface area contributed by atoms with Crippen LogP contribution in [0.25, 0.3) is 0 Å². The van der Waals surface area contributed by atoms with Gasteiger partial charge in [-0.15, -0.1) is 10.2 Å². The maximum atomic E-state index is 13.0. The van der Waals surface area contributed by atoms with E-state index in [1.54, 1.807) is 36.1 Å². The van der Waals surface area contributed by atoms with Gasteiger partial charge in [-0.05, 0) is 43.3 Å². The molecule has 0 N–H and O–H groups in total. The molecule has 30 heavy (non-hydrogen) atoms. The van der Waals surface area contributed by atoms with Gasteiger partial charge in [-0.25, -0.2) is 0 Å². The standard InChI is InChI=1S/C21H19ClN4O3S/c1-15(20(27)26(13-5-12-23)17-6-3-2-4-7-17)30-21-25-24-19(29-21)14-28-18-10-8-16(22)9-11-18/h2-4,6-11,15H,5,13-14H2,1H3. The number of ether oxygens (including phenoxy) is 1. The van der Waals surface area contributed by atoms with Crippen LogP contribution in [0.2, 0.25) is 5.02 Å². The molecule has 0 saturated heterocycles. The summed E-state index contributed by atoms with van der Waals surface area (Å²) in [5.41, 5.74) is 0.743. The van der Waals surface area contributed by atoms with Gasteiger partial charge < -0.3 is 14.1 Å². The number of carbonyl (C=O) groups is 1. The van der Waals surface area contributed by atoms with Gasteiger partial charge in [0.05, 0.1) is 17.7 Å². The summed E-state index contributed by atoms with van der Waals surface area (Å²) in [6.45, 7) is 2.19. The summed E-state index contributed by atoms with van der Waals surface area (Å²) in [4.78, 5) is 14.6. The Morgan fingerprint density at radius 2 is 1.97 bits per heavy atom. The van der Waals surface area contributed by atoms with E-state index in [9.17, 15) is 4.79 Å². The average molecular weight is 443 g/mol. The summed E-state index contributed by atoms with van der Waals surface area (Å²) in [5, 5.41) is 17.3. The van der Waals surface area contributed by atoms with Gasteiger partial charge in [-0.1, -0.05) is 41.6 Å². The minimum atomic E-state index is -0.477. The maximum absolute atomic E-state index is 13.0. The summed E-state index contributed by atoms with van der Waals surface area (Å²) in [6, 6.07) is 18.3. The normalized spacial score (nSPS) is 11.5. The van der Waals surface area contributed by atoms with Crippen LogP contribution in [0.1, 0.15) is 19.2 Å². The highest BCUT2D eigenvalue weighted by Crippen LogP contribution is 2.26. The molecular weight excluding hydrogens is 424 g/mol. The number of nitrogens with zero attached hydrogens (tertiary/aromatic N) is 4. The fourth-order valence-corrected chi connectivity index (χ4v) is 3.47. The molecule has 0 aliphatic carbocycles. The Balaban J connectivity index is 1.60. The van der Waals surface area contributed by atoms with E-state index in [-0.39, 0.29) is 24.2 Å². The molecule has 3 aromatic rings.